The van der Waals surface area contributed by atoms with E-state index in [1.165, 1.54) is 23.7 Å². The molecule has 4 aromatic heterocycles. The summed E-state index contributed by atoms with van der Waals surface area (Å²) in [5, 5.41) is 4.53. The predicted molar refractivity (Wildman–Crippen MR) is 132 cm³/mol. The van der Waals surface area contributed by atoms with Gasteiger partial charge in [0.2, 0.25) is 0 Å². The van der Waals surface area contributed by atoms with Gasteiger partial charge in [0, 0.05) is 57.7 Å². The Hall–Kier alpha value is -3.64. The molecule has 0 amide bonds. The number of halogens is 1. The summed E-state index contributed by atoms with van der Waals surface area (Å²) in [5.41, 5.74) is 2.88. The van der Waals surface area contributed by atoms with Gasteiger partial charge in [-0.25, -0.2) is 23.5 Å². The van der Waals surface area contributed by atoms with Crippen molar-refractivity contribution in [2.45, 2.75) is 20.0 Å². The molecule has 0 atom stereocenters. The van der Waals surface area contributed by atoms with Crippen molar-refractivity contribution in [3.63, 3.8) is 0 Å². The largest absolute Gasteiger partial charge is 0.369 e. The molecule has 0 N–H and O–H groups in total. The zero-order valence-corrected chi connectivity index (χ0v) is 20.0. The van der Waals surface area contributed by atoms with Gasteiger partial charge in [-0.05, 0) is 48.8 Å². The maximum Gasteiger partial charge on any atom is 0.330 e. The lowest BCUT2D eigenvalue weighted by molar-refractivity contribution is 0.248. The van der Waals surface area contributed by atoms with Crippen molar-refractivity contribution in [3.05, 3.63) is 59.2 Å². The maximum atomic E-state index is 13.3. The van der Waals surface area contributed by atoms with Gasteiger partial charge in [0.25, 0.3) is 0 Å². The first-order chi connectivity index (χ1) is 17.1. The van der Waals surface area contributed by atoms with Gasteiger partial charge in [-0.3, -0.25) is 14.0 Å². The fraction of sp³-hybridized carbons (Fsp3) is 0.348. The van der Waals surface area contributed by atoms with Crippen LogP contribution < -0.4 is 10.6 Å². The van der Waals surface area contributed by atoms with Crippen LogP contribution in [-0.4, -0.2) is 70.7 Å². The Morgan fingerprint density at radius 2 is 1.80 bits per heavy atom. The predicted octanol–water partition coefficient (Wildman–Crippen LogP) is 2.35. The smallest absolute Gasteiger partial charge is 0.330 e. The van der Waals surface area contributed by atoms with Crippen molar-refractivity contribution in [2.24, 2.45) is 0 Å². The number of rotatable bonds is 6. The number of aromatic nitrogens is 7. The summed E-state index contributed by atoms with van der Waals surface area (Å²) in [6.45, 7) is 7.21. The SMILES string of the molecule is CCn1c(=O)n(CCN2CCN(c3ccc(F)cc3)CC2)c2ncn3nc(-c4ccns4)nc3c21. The number of hydrogen-bond acceptors (Lipinski definition) is 8. The van der Waals surface area contributed by atoms with Crippen molar-refractivity contribution in [2.75, 3.05) is 37.6 Å². The quantitative estimate of drug-likeness (QED) is 0.359. The molecule has 5 aromatic rings. The zero-order valence-electron chi connectivity index (χ0n) is 19.2. The molecule has 1 fully saturated rings. The number of aryl methyl sites for hydroxylation is 1. The van der Waals surface area contributed by atoms with Crippen LogP contribution in [-0.2, 0) is 13.1 Å². The summed E-state index contributed by atoms with van der Waals surface area (Å²) >= 11 is 1.33. The number of hydrogen-bond donors (Lipinski definition) is 0. The topological polar surface area (TPSA) is 89.4 Å². The average Bonchev–Trinajstić information content (AvgIpc) is 3.61. The number of benzene rings is 1. The highest BCUT2D eigenvalue weighted by atomic mass is 32.1. The van der Waals surface area contributed by atoms with E-state index in [1.807, 2.05) is 25.1 Å². The molecule has 0 bridgehead atoms. The molecule has 35 heavy (non-hydrogen) atoms. The molecule has 10 nitrogen and oxygen atoms in total. The molecule has 1 saturated heterocycles. The van der Waals surface area contributed by atoms with E-state index < -0.39 is 0 Å². The number of fused-ring (bicyclic) bond motifs is 3. The van der Waals surface area contributed by atoms with Gasteiger partial charge in [-0.2, -0.15) is 4.52 Å². The van der Waals surface area contributed by atoms with Gasteiger partial charge in [0.15, 0.2) is 17.1 Å². The van der Waals surface area contributed by atoms with E-state index in [4.69, 9.17) is 4.98 Å². The number of piperazine rings is 1. The monoisotopic (exact) mass is 493 g/mol. The molecule has 5 heterocycles. The minimum atomic E-state index is -0.221. The molecule has 1 aromatic carbocycles. The Bertz CT molecular complexity index is 1530. The van der Waals surface area contributed by atoms with Crippen molar-refractivity contribution >= 4 is 34.0 Å². The highest BCUT2D eigenvalue weighted by Gasteiger charge is 2.22. The van der Waals surface area contributed by atoms with Crippen molar-refractivity contribution in [1.82, 2.24) is 38.0 Å². The molecule has 6 rings (SSSR count). The molecule has 0 unspecified atom stereocenters. The lowest BCUT2D eigenvalue weighted by Crippen LogP contribution is -2.47. The first kappa shape index (κ1) is 21.9. The Morgan fingerprint density at radius 3 is 2.51 bits per heavy atom. The van der Waals surface area contributed by atoms with Crippen molar-refractivity contribution in [3.8, 4) is 10.7 Å². The molecule has 1 aliphatic rings. The lowest BCUT2D eigenvalue weighted by atomic mass is 10.2. The van der Waals surface area contributed by atoms with Gasteiger partial charge < -0.3 is 4.90 Å². The van der Waals surface area contributed by atoms with Gasteiger partial charge in [-0.1, -0.05) is 0 Å². The highest BCUT2D eigenvalue weighted by Crippen LogP contribution is 2.23. The molecule has 12 heteroatoms. The van der Waals surface area contributed by atoms with Crippen LogP contribution in [0.5, 0.6) is 0 Å². The van der Waals surface area contributed by atoms with Gasteiger partial charge in [0.05, 0.1) is 4.88 Å². The van der Waals surface area contributed by atoms with E-state index >= 15 is 0 Å². The second-order valence-electron chi connectivity index (χ2n) is 8.48. The molecular weight excluding hydrogens is 469 g/mol. The van der Waals surface area contributed by atoms with Crippen molar-refractivity contribution in [1.29, 1.82) is 0 Å². The third-order valence-electron chi connectivity index (χ3n) is 6.51. The van der Waals surface area contributed by atoms with Crippen LogP contribution in [0.25, 0.3) is 27.5 Å². The van der Waals surface area contributed by atoms with Crippen LogP contribution >= 0.6 is 11.5 Å². The minimum Gasteiger partial charge on any atom is -0.369 e. The van der Waals surface area contributed by atoms with Gasteiger partial charge in [-0.15, -0.1) is 5.10 Å². The second kappa shape index (κ2) is 8.86. The molecule has 0 spiro atoms. The minimum absolute atomic E-state index is 0.0876. The van der Waals surface area contributed by atoms with Crippen LogP contribution in [0.3, 0.4) is 0 Å². The molecular formula is C23H24FN9OS. The average molecular weight is 494 g/mol. The van der Waals surface area contributed by atoms with Gasteiger partial charge in [0.1, 0.15) is 17.7 Å². The molecule has 0 radical (unpaired) electrons. The summed E-state index contributed by atoms with van der Waals surface area (Å²) < 4.78 is 22.4. The normalized spacial score (nSPS) is 15.0. The standard InChI is InChI=1S/C23H24FN9OS/c1-2-31-19-21(25-15-33-22(19)27-20(28-33)18-7-8-26-35-18)32(23(31)34)14-11-29-9-12-30(13-10-29)17-5-3-16(24)4-6-17/h3-8,15H,2,9-14H2,1H3. The van der Waals surface area contributed by atoms with Crippen LogP contribution in [0.4, 0.5) is 10.1 Å². The number of nitrogens with zero attached hydrogens (tertiary/aromatic N) is 9. The van der Waals surface area contributed by atoms with Crippen molar-refractivity contribution < 1.29 is 4.39 Å². The third-order valence-corrected chi connectivity index (χ3v) is 7.25. The Labute approximate surface area is 204 Å². The number of imidazole rings is 1. The van der Waals surface area contributed by atoms with Crippen LogP contribution in [0, 0.1) is 5.82 Å². The van der Waals surface area contributed by atoms with E-state index in [-0.39, 0.29) is 11.5 Å². The summed E-state index contributed by atoms with van der Waals surface area (Å²) in [6.07, 6.45) is 3.34. The Morgan fingerprint density at radius 1 is 1.00 bits per heavy atom. The highest BCUT2D eigenvalue weighted by molar-refractivity contribution is 7.09. The third kappa shape index (κ3) is 3.88. The van der Waals surface area contributed by atoms with Crippen LogP contribution in [0.15, 0.2) is 47.7 Å². The van der Waals surface area contributed by atoms with Crippen LogP contribution in [0.1, 0.15) is 6.92 Å². The summed E-state index contributed by atoms with van der Waals surface area (Å²) in [7, 11) is 0. The van der Waals surface area contributed by atoms with Gasteiger partial charge >= 0.3 is 5.69 Å². The van der Waals surface area contributed by atoms with E-state index in [9.17, 15) is 9.18 Å². The fourth-order valence-corrected chi connectivity index (χ4v) is 5.19. The zero-order chi connectivity index (χ0) is 23.9. The first-order valence-electron chi connectivity index (χ1n) is 11.6. The second-order valence-corrected chi connectivity index (χ2v) is 9.31. The summed E-state index contributed by atoms with van der Waals surface area (Å²) in [6, 6.07) is 8.51. The van der Waals surface area contributed by atoms with E-state index in [2.05, 4.69) is 24.3 Å². The summed E-state index contributed by atoms with van der Waals surface area (Å²) in [4.78, 5) is 28.1. The maximum absolute atomic E-state index is 13.3. The molecule has 0 aliphatic carbocycles. The lowest BCUT2D eigenvalue weighted by Gasteiger charge is -2.36. The fourth-order valence-electron chi connectivity index (χ4n) is 4.66. The van der Waals surface area contributed by atoms with E-state index in [0.717, 1.165) is 43.3 Å². The van der Waals surface area contributed by atoms with E-state index in [1.54, 1.807) is 26.2 Å². The van der Waals surface area contributed by atoms with E-state index in [0.29, 0.717) is 35.7 Å². The number of anilines is 1. The molecule has 1 aliphatic heterocycles. The van der Waals surface area contributed by atoms with Crippen LogP contribution in [0.2, 0.25) is 0 Å². The Balaban J connectivity index is 1.24. The Kier molecular flexibility index (Phi) is 5.53. The molecule has 0 saturated carbocycles. The summed E-state index contributed by atoms with van der Waals surface area (Å²) in [5.74, 6) is 0.351. The molecule has 180 valence electrons. The first-order valence-corrected chi connectivity index (χ1v) is 12.4.